The van der Waals surface area contributed by atoms with Crippen LogP contribution in [0.5, 0.6) is 5.75 Å². The molecule has 1 rings (SSSR count). The Morgan fingerprint density at radius 3 is 2.22 bits per heavy atom. The second-order valence-corrected chi connectivity index (χ2v) is 5.69. The summed E-state index contributed by atoms with van der Waals surface area (Å²) >= 11 is 0. The van der Waals surface area contributed by atoms with Crippen molar-refractivity contribution in [3.8, 4) is 5.75 Å². The van der Waals surface area contributed by atoms with Crippen molar-refractivity contribution < 1.29 is 34.4 Å². The van der Waals surface area contributed by atoms with E-state index in [1.54, 1.807) is 38.1 Å². The molecule has 0 radical (unpaired) electrons. The molecular weight excluding hydrogens is 304 g/mol. The maximum absolute atomic E-state index is 12.1. The van der Waals surface area contributed by atoms with Gasteiger partial charge in [0, 0.05) is 0 Å². The van der Waals surface area contributed by atoms with Crippen molar-refractivity contribution in [2.75, 3.05) is 7.11 Å². The molecule has 0 aliphatic heterocycles. The van der Waals surface area contributed by atoms with Gasteiger partial charge >= 0.3 is 11.9 Å². The molecule has 0 saturated carbocycles. The third kappa shape index (κ3) is 4.94. The summed E-state index contributed by atoms with van der Waals surface area (Å²) in [5.41, 5.74) is -1.86. The highest BCUT2D eigenvalue weighted by molar-refractivity contribution is 5.88. The molecule has 7 heteroatoms. The van der Waals surface area contributed by atoms with Gasteiger partial charge in [-0.25, -0.2) is 9.59 Å². The first-order valence-electron chi connectivity index (χ1n) is 7.14. The molecule has 1 aromatic carbocycles. The van der Waals surface area contributed by atoms with Crippen LogP contribution in [-0.4, -0.2) is 46.1 Å². The van der Waals surface area contributed by atoms with E-state index < -0.39 is 23.6 Å². The molecule has 3 N–H and O–H groups in total. The van der Waals surface area contributed by atoms with Crippen molar-refractivity contribution in [3.63, 3.8) is 0 Å². The van der Waals surface area contributed by atoms with Gasteiger partial charge in [-0.1, -0.05) is 26.0 Å². The summed E-state index contributed by atoms with van der Waals surface area (Å²) in [6, 6.07) is 6.69. The van der Waals surface area contributed by atoms with Crippen molar-refractivity contribution in [2.45, 2.75) is 38.6 Å². The highest BCUT2D eigenvalue weighted by Gasteiger charge is 2.49. The first-order valence-corrected chi connectivity index (χ1v) is 7.14. The number of ether oxygens (including phenoxy) is 2. The zero-order valence-corrected chi connectivity index (χ0v) is 13.4. The summed E-state index contributed by atoms with van der Waals surface area (Å²) in [6.07, 6.45) is -2.49. The van der Waals surface area contributed by atoms with Gasteiger partial charge in [-0.15, -0.1) is 0 Å². The number of hydrogen-bond donors (Lipinski definition) is 3. The number of hydrogen-bond acceptors (Lipinski definition) is 6. The van der Waals surface area contributed by atoms with Crippen molar-refractivity contribution in [1.29, 1.82) is 0 Å². The molecule has 0 saturated heterocycles. The summed E-state index contributed by atoms with van der Waals surface area (Å²) in [7, 11) is 1.52. The van der Waals surface area contributed by atoms with E-state index in [0.29, 0.717) is 11.3 Å². The van der Waals surface area contributed by atoms with Gasteiger partial charge in [-0.3, -0.25) is 0 Å². The maximum atomic E-state index is 12.1. The van der Waals surface area contributed by atoms with E-state index in [9.17, 15) is 19.8 Å². The number of aliphatic hydroxyl groups excluding tert-OH is 1. The molecule has 0 spiro atoms. The van der Waals surface area contributed by atoms with Crippen LogP contribution in [0.1, 0.15) is 25.8 Å². The van der Waals surface area contributed by atoms with E-state index in [2.05, 4.69) is 0 Å². The van der Waals surface area contributed by atoms with E-state index in [0.717, 1.165) is 0 Å². The summed E-state index contributed by atoms with van der Waals surface area (Å²) in [6.45, 7) is 3.22. The number of esters is 1. The van der Waals surface area contributed by atoms with E-state index >= 15 is 0 Å². The molecule has 2 atom stereocenters. The lowest BCUT2D eigenvalue weighted by atomic mass is 9.87. The number of aliphatic carboxylic acids is 1. The lowest BCUT2D eigenvalue weighted by Crippen LogP contribution is -2.54. The minimum absolute atomic E-state index is 0.157. The van der Waals surface area contributed by atoms with E-state index in [4.69, 9.17) is 14.6 Å². The average Bonchev–Trinajstić information content (AvgIpc) is 2.51. The number of carbonyl (C=O) groups is 2. The second-order valence-electron chi connectivity index (χ2n) is 5.69. The van der Waals surface area contributed by atoms with Crippen molar-refractivity contribution in [3.05, 3.63) is 29.8 Å². The average molecular weight is 326 g/mol. The number of benzene rings is 1. The summed E-state index contributed by atoms with van der Waals surface area (Å²) in [4.78, 5) is 23.1. The zero-order chi connectivity index (χ0) is 17.6. The number of carboxylic acids is 1. The molecule has 2 unspecified atom stereocenters. The van der Waals surface area contributed by atoms with Crippen LogP contribution in [0, 0.1) is 5.92 Å². The Balaban J connectivity index is 2.82. The lowest BCUT2D eigenvalue weighted by Gasteiger charge is -2.29. The molecule has 1 aromatic rings. The lowest BCUT2D eigenvalue weighted by molar-refractivity contribution is -0.191. The molecular formula is C16H22O7. The largest absolute Gasteiger partial charge is 0.497 e. The van der Waals surface area contributed by atoms with Crippen LogP contribution in [-0.2, 0) is 20.9 Å². The summed E-state index contributed by atoms with van der Waals surface area (Å²) < 4.78 is 9.99. The van der Waals surface area contributed by atoms with Gasteiger partial charge in [0.05, 0.1) is 7.11 Å². The minimum Gasteiger partial charge on any atom is -0.497 e. The Hall–Kier alpha value is -2.12. The van der Waals surface area contributed by atoms with Gasteiger partial charge in [-0.2, -0.15) is 0 Å². The number of rotatable bonds is 8. The first kappa shape index (κ1) is 18.9. The monoisotopic (exact) mass is 326 g/mol. The normalized spacial score (nSPS) is 14.9. The van der Waals surface area contributed by atoms with Crippen molar-refractivity contribution >= 4 is 11.9 Å². The Kier molecular flexibility index (Phi) is 6.53. The number of methoxy groups -OCH3 is 1. The molecule has 23 heavy (non-hydrogen) atoms. The van der Waals surface area contributed by atoms with Crippen LogP contribution >= 0.6 is 0 Å². The number of aliphatic hydroxyl groups is 2. The molecule has 0 aliphatic rings. The minimum atomic E-state index is -2.49. The fourth-order valence-corrected chi connectivity index (χ4v) is 2.13. The van der Waals surface area contributed by atoms with Gasteiger partial charge in [0.1, 0.15) is 12.4 Å². The zero-order valence-electron chi connectivity index (χ0n) is 13.4. The Morgan fingerprint density at radius 1 is 1.22 bits per heavy atom. The third-order valence-electron chi connectivity index (χ3n) is 3.29. The van der Waals surface area contributed by atoms with Crippen LogP contribution in [0.3, 0.4) is 0 Å². The van der Waals surface area contributed by atoms with Crippen molar-refractivity contribution in [2.24, 2.45) is 5.92 Å². The van der Waals surface area contributed by atoms with E-state index in [1.165, 1.54) is 7.11 Å². The highest BCUT2D eigenvalue weighted by Crippen LogP contribution is 2.24. The fourth-order valence-electron chi connectivity index (χ4n) is 2.13. The van der Waals surface area contributed by atoms with Crippen molar-refractivity contribution in [1.82, 2.24) is 0 Å². The van der Waals surface area contributed by atoms with Crippen LogP contribution < -0.4 is 4.74 Å². The highest BCUT2D eigenvalue weighted by atomic mass is 16.6. The Morgan fingerprint density at radius 2 is 1.78 bits per heavy atom. The van der Waals surface area contributed by atoms with Crippen LogP contribution in [0.2, 0.25) is 0 Å². The maximum Gasteiger partial charge on any atom is 0.341 e. The van der Waals surface area contributed by atoms with Crippen LogP contribution in [0.15, 0.2) is 24.3 Å². The van der Waals surface area contributed by atoms with Gasteiger partial charge in [0.2, 0.25) is 0 Å². The molecule has 0 aromatic heterocycles. The number of carbonyl (C=O) groups excluding carboxylic acids is 1. The standard InChI is InChI=1S/C16H22O7/c1-10(2)8-16(21,13(17)14(18)19)15(20)23-9-11-4-6-12(22-3)7-5-11/h4-7,10,13,17,21H,8-9H2,1-3H3,(H,18,19). The van der Waals surface area contributed by atoms with Crippen LogP contribution in [0.4, 0.5) is 0 Å². The smallest absolute Gasteiger partial charge is 0.341 e. The molecule has 0 bridgehead atoms. The Labute approximate surface area is 134 Å². The molecule has 0 amide bonds. The summed E-state index contributed by atoms with van der Waals surface area (Å²) in [5, 5.41) is 28.9. The number of carboxylic acid groups (broad SMARTS) is 1. The third-order valence-corrected chi connectivity index (χ3v) is 3.29. The SMILES string of the molecule is COc1ccc(COC(=O)C(O)(CC(C)C)C(O)C(=O)O)cc1. The molecule has 128 valence electrons. The predicted molar refractivity (Wildman–Crippen MR) is 80.8 cm³/mol. The Bertz CT molecular complexity index is 538. The van der Waals surface area contributed by atoms with Crippen LogP contribution in [0.25, 0.3) is 0 Å². The molecule has 7 nitrogen and oxygen atoms in total. The second kappa shape index (κ2) is 7.94. The first-order chi connectivity index (χ1) is 10.7. The molecule has 0 heterocycles. The fraction of sp³-hybridized carbons (Fsp3) is 0.500. The summed E-state index contributed by atoms with van der Waals surface area (Å²) in [5.74, 6) is -2.44. The molecule has 0 aliphatic carbocycles. The quantitative estimate of drug-likeness (QED) is 0.610. The van der Waals surface area contributed by atoms with Gasteiger partial charge in [0.25, 0.3) is 0 Å². The van der Waals surface area contributed by atoms with Gasteiger partial charge < -0.3 is 24.8 Å². The molecule has 0 fully saturated rings. The predicted octanol–water partition coefficient (Wildman–Crippen LogP) is 0.961. The van der Waals surface area contributed by atoms with E-state index in [1.807, 2.05) is 0 Å². The topological polar surface area (TPSA) is 113 Å². The van der Waals surface area contributed by atoms with E-state index in [-0.39, 0.29) is 18.9 Å². The van der Waals surface area contributed by atoms with Gasteiger partial charge in [-0.05, 0) is 30.0 Å². The van der Waals surface area contributed by atoms with Gasteiger partial charge in [0.15, 0.2) is 11.7 Å².